The summed E-state index contributed by atoms with van der Waals surface area (Å²) in [6.07, 6.45) is 0. The van der Waals surface area contributed by atoms with Gasteiger partial charge in [0.25, 0.3) is 10.0 Å². The Hall–Kier alpha value is -2.00. The van der Waals surface area contributed by atoms with Gasteiger partial charge in [-0.25, -0.2) is 12.4 Å². The molecule has 0 unspecified atom stereocenters. The maximum atomic E-state index is 13.7. The van der Waals surface area contributed by atoms with Crippen LogP contribution in [0, 0.1) is 0 Å². The lowest BCUT2D eigenvalue weighted by molar-refractivity contribution is 0.147. The quantitative estimate of drug-likeness (QED) is 0.502. The van der Waals surface area contributed by atoms with Gasteiger partial charge in [-0.2, -0.15) is 0 Å². The maximum absolute atomic E-state index is 13.7. The Kier molecular flexibility index (Phi) is 6.62. The molecule has 1 fully saturated rings. The molecule has 8 heteroatoms. The zero-order valence-electron chi connectivity index (χ0n) is 18.2. The maximum Gasteiger partial charge on any atom is 0.268 e. The third-order valence-electron chi connectivity index (χ3n) is 5.69. The number of hydrogen-bond acceptors (Lipinski definition) is 6. The van der Waals surface area contributed by atoms with Crippen LogP contribution in [0.4, 0.5) is 0 Å². The molecule has 1 aliphatic heterocycles. The van der Waals surface area contributed by atoms with Gasteiger partial charge in [-0.3, -0.25) is 4.90 Å². The Morgan fingerprint density at radius 3 is 2.35 bits per heavy atom. The van der Waals surface area contributed by atoms with Crippen molar-refractivity contribution in [2.45, 2.75) is 23.3 Å². The Bertz CT molecular complexity index is 1150. The largest absolute Gasteiger partial charge is 0.497 e. The molecule has 0 spiro atoms. The molecule has 0 bridgehead atoms. The van der Waals surface area contributed by atoms with Crippen LogP contribution in [-0.4, -0.2) is 68.3 Å². The van der Waals surface area contributed by atoms with Crippen LogP contribution in [0.3, 0.4) is 0 Å². The van der Waals surface area contributed by atoms with Crippen LogP contribution in [0.5, 0.6) is 5.75 Å². The van der Waals surface area contributed by atoms with E-state index in [0.717, 1.165) is 53.4 Å². The Morgan fingerprint density at radius 1 is 1.00 bits per heavy atom. The number of nitrogens with zero attached hydrogens (tertiary/aromatic N) is 3. The number of aromatic nitrogens is 1. The van der Waals surface area contributed by atoms with E-state index in [9.17, 15) is 8.42 Å². The lowest BCUT2D eigenvalue weighted by atomic mass is 10.2. The average molecular weight is 460 g/mol. The van der Waals surface area contributed by atoms with E-state index >= 15 is 0 Å². The summed E-state index contributed by atoms with van der Waals surface area (Å²) in [4.78, 5) is 6.04. The van der Waals surface area contributed by atoms with E-state index in [0.29, 0.717) is 12.3 Å². The summed E-state index contributed by atoms with van der Waals surface area (Å²) in [7, 11) is -0.0545. The minimum Gasteiger partial charge on any atom is -0.497 e. The molecule has 1 aliphatic rings. The topological polar surface area (TPSA) is 54.8 Å². The molecule has 31 heavy (non-hydrogen) atoms. The summed E-state index contributed by atoms with van der Waals surface area (Å²) in [5.74, 6) is 1.61. The van der Waals surface area contributed by atoms with Gasteiger partial charge in [0.05, 0.1) is 17.5 Å². The number of benzene rings is 2. The molecule has 3 aromatic rings. The average Bonchev–Trinajstić information content (AvgIpc) is 3.13. The third kappa shape index (κ3) is 4.62. The van der Waals surface area contributed by atoms with Crippen molar-refractivity contribution in [1.29, 1.82) is 0 Å². The summed E-state index contributed by atoms with van der Waals surface area (Å²) in [5.41, 5.74) is 1.52. The second kappa shape index (κ2) is 9.24. The van der Waals surface area contributed by atoms with E-state index < -0.39 is 10.0 Å². The molecule has 2 heterocycles. The van der Waals surface area contributed by atoms with Gasteiger partial charge in [0.2, 0.25) is 0 Å². The van der Waals surface area contributed by atoms with E-state index in [2.05, 4.69) is 29.8 Å². The minimum atomic E-state index is -3.75. The number of rotatable bonds is 7. The second-order valence-electron chi connectivity index (χ2n) is 7.81. The highest BCUT2D eigenvalue weighted by atomic mass is 32.2. The first-order chi connectivity index (χ1) is 14.9. The number of piperazine rings is 1. The van der Waals surface area contributed by atoms with Crippen LogP contribution in [-0.2, 0) is 16.6 Å². The summed E-state index contributed by atoms with van der Waals surface area (Å²) in [6, 6.07) is 14.7. The normalized spacial score (nSPS) is 16.1. The Labute approximate surface area is 188 Å². The monoisotopic (exact) mass is 459 g/mol. The first-order valence-electron chi connectivity index (χ1n) is 10.5. The van der Waals surface area contributed by atoms with Crippen molar-refractivity contribution in [2.75, 3.05) is 46.1 Å². The van der Waals surface area contributed by atoms with Crippen molar-refractivity contribution in [1.82, 2.24) is 13.8 Å². The third-order valence-corrected chi connectivity index (χ3v) is 8.35. The number of likely N-dealkylation sites (N-methyl/N-ethyl adjacent to an activating group) is 1. The van der Waals surface area contributed by atoms with Gasteiger partial charge < -0.3 is 9.64 Å². The fourth-order valence-corrected chi connectivity index (χ4v) is 6.21. The van der Waals surface area contributed by atoms with E-state index in [1.54, 1.807) is 43.1 Å². The molecule has 0 N–H and O–H groups in total. The van der Waals surface area contributed by atoms with E-state index in [1.165, 1.54) is 3.97 Å². The molecule has 1 aromatic heterocycles. The Balaban J connectivity index is 1.80. The highest BCUT2D eigenvalue weighted by molar-refractivity contribution is 7.99. The van der Waals surface area contributed by atoms with Gasteiger partial charge in [0, 0.05) is 48.7 Å². The molecule has 1 saturated heterocycles. The van der Waals surface area contributed by atoms with Gasteiger partial charge in [-0.05, 0) is 61.3 Å². The first-order valence-corrected chi connectivity index (χ1v) is 12.9. The van der Waals surface area contributed by atoms with Crippen LogP contribution >= 0.6 is 11.8 Å². The summed E-state index contributed by atoms with van der Waals surface area (Å²) >= 11 is 1.76. The SMILES string of the molecule is CCSc1ccc2c(c1)cc(CN1CCN(C)CC1)n2S(=O)(=O)c1ccc(OC)cc1. The molecule has 2 aromatic carbocycles. The molecular formula is C23H29N3O3S2. The van der Waals surface area contributed by atoms with Crippen molar-refractivity contribution < 1.29 is 13.2 Å². The van der Waals surface area contributed by atoms with Gasteiger partial charge >= 0.3 is 0 Å². The molecule has 0 radical (unpaired) electrons. The number of hydrogen-bond donors (Lipinski definition) is 0. The summed E-state index contributed by atoms with van der Waals surface area (Å²) in [5, 5.41) is 0.958. The smallest absolute Gasteiger partial charge is 0.268 e. The molecule has 0 saturated carbocycles. The zero-order valence-corrected chi connectivity index (χ0v) is 19.9. The molecular weight excluding hydrogens is 430 g/mol. The van der Waals surface area contributed by atoms with Crippen molar-refractivity contribution in [2.24, 2.45) is 0 Å². The van der Waals surface area contributed by atoms with Gasteiger partial charge in [0.1, 0.15) is 5.75 Å². The highest BCUT2D eigenvalue weighted by Crippen LogP contribution is 2.31. The number of ether oxygens (including phenoxy) is 1. The number of thioether (sulfide) groups is 1. The molecule has 0 aliphatic carbocycles. The standard InChI is InChI=1S/C23H29N3O3S2/c1-4-30-21-7-10-23-18(16-21)15-19(17-25-13-11-24(2)12-14-25)26(23)31(27,28)22-8-5-20(29-3)6-9-22/h5-10,15-16H,4,11-14,17H2,1-3H3. The predicted molar refractivity (Wildman–Crippen MR) is 127 cm³/mol. The van der Waals surface area contributed by atoms with Crippen molar-refractivity contribution in [3.8, 4) is 5.75 Å². The number of fused-ring (bicyclic) bond motifs is 1. The van der Waals surface area contributed by atoms with Crippen LogP contribution in [0.1, 0.15) is 12.6 Å². The molecule has 4 rings (SSSR count). The molecule has 6 nitrogen and oxygen atoms in total. The van der Waals surface area contributed by atoms with E-state index in [-0.39, 0.29) is 4.90 Å². The highest BCUT2D eigenvalue weighted by Gasteiger charge is 2.25. The van der Waals surface area contributed by atoms with Crippen LogP contribution in [0.15, 0.2) is 58.3 Å². The second-order valence-corrected chi connectivity index (χ2v) is 10.9. The summed E-state index contributed by atoms with van der Waals surface area (Å²) in [6.45, 7) is 6.56. The van der Waals surface area contributed by atoms with Crippen molar-refractivity contribution in [3.63, 3.8) is 0 Å². The zero-order chi connectivity index (χ0) is 22.0. The fraction of sp³-hybridized carbons (Fsp3) is 0.391. The first kappa shape index (κ1) is 22.2. The van der Waals surface area contributed by atoms with Gasteiger partial charge in [-0.1, -0.05) is 6.92 Å². The van der Waals surface area contributed by atoms with Crippen molar-refractivity contribution in [3.05, 3.63) is 54.2 Å². The molecule has 166 valence electrons. The molecule has 0 amide bonds. The van der Waals surface area contributed by atoms with Gasteiger partial charge in [0.15, 0.2) is 0 Å². The predicted octanol–water partition coefficient (Wildman–Crippen LogP) is 3.75. The fourth-order valence-electron chi connectivity index (χ4n) is 3.96. The lowest BCUT2D eigenvalue weighted by Crippen LogP contribution is -2.44. The van der Waals surface area contributed by atoms with E-state index in [4.69, 9.17) is 4.74 Å². The van der Waals surface area contributed by atoms with Gasteiger partial charge in [-0.15, -0.1) is 11.8 Å². The summed E-state index contributed by atoms with van der Waals surface area (Å²) < 4.78 is 34.2. The van der Waals surface area contributed by atoms with Crippen molar-refractivity contribution >= 4 is 32.7 Å². The minimum absolute atomic E-state index is 0.262. The molecule has 0 atom stereocenters. The van der Waals surface area contributed by atoms with Crippen LogP contribution in [0.25, 0.3) is 10.9 Å². The lowest BCUT2D eigenvalue weighted by Gasteiger charge is -2.32. The van der Waals surface area contributed by atoms with Crippen LogP contribution < -0.4 is 4.74 Å². The van der Waals surface area contributed by atoms with Crippen LogP contribution in [0.2, 0.25) is 0 Å². The Morgan fingerprint density at radius 2 is 1.71 bits per heavy atom. The number of methoxy groups -OCH3 is 1. The van der Waals surface area contributed by atoms with E-state index in [1.807, 2.05) is 18.2 Å².